The third kappa shape index (κ3) is 2.90. The van der Waals surface area contributed by atoms with Gasteiger partial charge in [-0.3, -0.25) is 0 Å². The van der Waals surface area contributed by atoms with E-state index in [-0.39, 0.29) is 0 Å². The van der Waals surface area contributed by atoms with Crippen molar-refractivity contribution in [1.29, 1.82) is 0 Å². The van der Waals surface area contributed by atoms with Gasteiger partial charge in [0.25, 0.3) is 0 Å². The molecule has 0 saturated carbocycles. The Morgan fingerprint density at radius 3 is 2.77 bits per heavy atom. The molecule has 0 radical (unpaired) electrons. The summed E-state index contributed by atoms with van der Waals surface area (Å²) in [6, 6.07) is 10.3. The van der Waals surface area contributed by atoms with E-state index in [0.717, 1.165) is 13.0 Å². The normalized spacial score (nSPS) is 19.8. The minimum absolute atomic E-state index is 0.448. The SMILES string of the molecule is C=C(C[C@@H]1CO1)Sc1ccccc1. The van der Waals surface area contributed by atoms with Gasteiger partial charge in [0.2, 0.25) is 0 Å². The lowest BCUT2D eigenvalue weighted by molar-refractivity contribution is 0.409. The van der Waals surface area contributed by atoms with Gasteiger partial charge in [0, 0.05) is 11.3 Å². The van der Waals surface area contributed by atoms with Crippen LogP contribution >= 0.6 is 11.8 Å². The van der Waals surface area contributed by atoms with E-state index in [1.165, 1.54) is 9.80 Å². The quantitative estimate of drug-likeness (QED) is 0.537. The van der Waals surface area contributed by atoms with Crippen molar-refractivity contribution >= 4 is 11.8 Å². The van der Waals surface area contributed by atoms with Crippen molar-refractivity contribution in [3.05, 3.63) is 41.8 Å². The van der Waals surface area contributed by atoms with Crippen LogP contribution in [0.4, 0.5) is 0 Å². The van der Waals surface area contributed by atoms with Crippen LogP contribution in [0.2, 0.25) is 0 Å². The highest BCUT2D eigenvalue weighted by Gasteiger charge is 2.23. The number of rotatable bonds is 4. The zero-order valence-corrected chi connectivity index (χ0v) is 8.22. The van der Waals surface area contributed by atoms with Crippen LogP contribution in [-0.2, 0) is 4.74 Å². The monoisotopic (exact) mass is 192 g/mol. The Hall–Kier alpha value is -0.730. The lowest BCUT2D eigenvalue weighted by Crippen LogP contribution is -1.84. The molecule has 1 aromatic rings. The summed E-state index contributed by atoms with van der Waals surface area (Å²) in [4.78, 5) is 2.45. The molecular weight excluding hydrogens is 180 g/mol. The van der Waals surface area contributed by atoms with Gasteiger partial charge < -0.3 is 4.74 Å². The zero-order valence-electron chi connectivity index (χ0n) is 7.40. The van der Waals surface area contributed by atoms with Gasteiger partial charge in [-0.2, -0.15) is 0 Å². The van der Waals surface area contributed by atoms with Crippen molar-refractivity contribution in [3.63, 3.8) is 0 Å². The molecule has 2 heteroatoms. The van der Waals surface area contributed by atoms with E-state index >= 15 is 0 Å². The lowest BCUT2D eigenvalue weighted by Gasteiger charge is -2.02. The summed E-state index contributed by atoms with van der Waals surface area (Å²) in [5.41, 5.74) is 0. The maximum Gasteiger partial charge on any atom is 0.0855 e. The van der Waals surface area contributed by atoms with Gasteiger partial charge in [0.1, 0.15) is 0 Å². The molecule has 0 amide bonds. The first-order valence-corrected chi connectivity index (χ1v) is 5.18. The van der Waals surface area contributed by atoms with Crippen molar-refractivity contribution in [2.45, 2.75) is 17.4 Å². The van der Waals surface area contributed by atoms with E-state index in [2.05, 4.69) is 18.7 Å². The summed E-state index contributed by atoms with van der Waals surface area (Å²) in [5, 5.41) is 0. The van der Waals surface area contributed by atoms with E-state index in [9.17, 15) is 0 Å². The van der Waals surface area contributed by atoms with Crippen molar-refractivity contribution in [2.75, 3.05) is 6.61 Å². The second-order valence-corrected chi connectivity index (χ2v) is 4.37. The molecular formula is C11H12OS. The fraction of sp³-hybridized carbons (Fsp3) is 0.273. The van der Waals surface area contributed by atoms with Crippen LogP contribution in [0.25, 0.3) is 0 Å². The summed E-state index contributed by atoms with van der Waals surface area (Å²) in [7, 11) is 0. The van der Waals surface area contributed by atoms with E-state index < -0.39 is 0 Å². The van der Waals surface area contributed by atoms with Gasteiger partial charge in [-0.15, -0.1) is 0 Å². The van der Waals surface area contributed by atoms with E-state index in [1.54, 1.807) is 11.8 Å². The molecule has 2 rings (SSSR count). The molecule has 1 saturated heterocycles. The number of hydrogen-bond donors (Lipinski definition) is 0. The first-order chi connectivity index (χ1) is 6.34. The van der Waals surface area contributed by atoms with E-state index in [1.807, 2.05) is 18.2 Å². The first-order valence-electron chi connectivity index (χ1n) is 4.37. The predicted molar refractivity (Wildman–Crippen MR) is 55.8 cm³/mol. The summed E-state index contributed by atoms with van der Waals surface area (Å²) < 4.78 is 5.14. The van der Waals surface area contributed by atoms with Gasteiger partial charge >= 0.3 is 0 Å². The summed E-state index contributed by atoms with van der Waals surface area (Å²) in [6.07, 6.45) is 1.43. The fourth-order valence-electron chi connectivity index (χ4n) is 1.14. The van der Waals surface area contributed by atoms with Gasteiger partial charge in [0.15, 0.2) is 0 Å². The molecule has 1 aliphatic heterocycles. The van der Waals surface area contributed by atoms with Crippen LogP contribution in [-0.4, -0.2) is 12.7 Å². The molecule has 1 aliphatic rings. The highest BCUT2D eigenvalue weighted by atomic mass is 32.2. The Labute approximate surface area is 82.8 Å². The zero-order chi connectivity index (χ0) is 9.10. The second kappa shape index (κ2) is 3.99. The molecule has 0 N–H and O–H groups in total. The van der Waals surface area contributed by atoms with Crippen molar-refractivity contribution in [2.24, 2.45) is 0 Å². The Balaban J connectivity index is 1.86. The average Bonchev–Trinajstić information content (AvgIpc) is 2.90. The maximum atomic E-state index is 5.14. The molecule has 1 atom stereocenters. The smallest absolute Gasteiger partial charge is 0.0855 e. The molecule has 13 heavy (non-hydrogen) atoms. The molecule has 1 heterocycles. The van der Waals surface area contributed by atoms with Gasteiger partial charge in [-0.05, 0) is 17.0 Å². The Morgan fingerprint density at radius 1 is 1.46 bits per heavy atom. The third-order valence-corrected chi connectivity index (χ3v) is 2.83. The minimum atomic E-state index is 0.448. The highest BCUT2D eigenvalue weighted by molar-refractivity contribution is 8.03. The van der Waals surface area contributed by atoms with Crippen LogP contribution in [0.3, 0.4) is 0 Å². The summed E-state index contributed by atoms with van der Waals surface area (Å²) in [6.45, 7) is 4.92. The molecule has 68 valence electrons. The molecule has 0 spiro atoms. The Kier molecular flexibility index (Phi) is 2.71. The van der Waals surface area contributed by atoms with Crippen molar-refractivity contribution < 1.29 is 4.74 Å². The van der Waals surface area contributed by atoms with Gasteiger partial charge in [-0.1, -0.05) is 36.5 Å². The average molecular weight is 192 g/mol. The topological polar surface area (TPSA) is 12.5 Å². The molecule has 1 nitrogen and oxygen atoms in total. The molecule has 0 bridgehead atoms. The predicted octanol–water partition coefficient (Wildman–Crippen LogP) is 3.08. The number of hydrogen-bond acceptors (Lipinski definition) is 2. The van der Waals surface area contributed by atoms with Gasteiger partial charge in [0.05, 0.1) is 12.7 Å². The number of epoxide rings is 1. The summed E-state index contributed by atoms with van der Waals surface area (Å²) in [5.74, 6) is 0. The number of ether oxygens (including phenoxy) is 1. The van der Waals surface area contributed by atoms with Crippen LogP contribution < -0.4 is 0 Å². The molecule has 0 unspecified atom stereocenters. The highest BCUT2D eigenvalue weighted by Crippen LogP contribution is 2.31. The third-order valence-electron chi connectivity index (χ3n) is 1.86. The Morgan fingerprint density at radius 2 is 2.15 bits per heavy atom. The maximum absolute atomic E-state index is 5.14. The second-order valence-electron chi connectivity index (χ2n) is 3.11. The van der Waals surface area contributed by atoms with E-state index in [0.29, 0.717) is 6.10 Å². The molecule has 1 fully saturated rings. The Bertz CT molecular complexity index is 290. The minimum Gasteiger partial charge on any atom is -0.373 e. The molecule has 0 aromatic heterocycles. The summed E-state index contributed by atoms with van der Waals surface area (Å²) >= 11 is 1.74. The fourth-order valence-corrected chi connectivity index (χ4v) is 2.03. The van der Waals surface area contributed by atoms with Crippen molar-refractivity contribution in [1.82, 2.24) is 0 Å². The molecule has 0 aliphatic carbocycles. The number of thioether (sulfide) groups is 1. The van der Waals surface area contributed by atoms with Gasteiger partial charge in [-0.25, -0.2) is 0 Å². The van der Waals surface area contributed by atoms with Crippen LogP contribution in [0, 0.1) is 0 Å². The van der Waals surface area contributed by atoms with E-state index in [4.69, 9.17) is 4.74 Å². The first kappa shape index (κ1) is 8.85. The van der Waals surface area contributed by atoms with Crippen molar-refractivity contribution in [3.8, 4) is 0 Å². The van der Waals surface area contributed by atoms with Crippen LogP contribution in [0.1, 0.15) is 6.42 Å². The van der Waals surface area contributed by atoms with Crippen LogP contribution in [0.5, 0.6) is 0 Å². The molecule has 1 aromatic carbocycles. The standard InChI is InChI=1S/C11H12OS/c1-9(7-10-8-12-10)13-11-5-3-2-4-6-11/h2-6,10H,1,7-8H2/t10-/m1/s1. The number of benzene rings is 1. The van der Waals surface area contributed by atoms with Crippen LogP contribution in [0.15, 0.2) is 46.7 Å². The lowest BCUT2D eigenvalue weighted by atomic mass is 10.3. The largest absolute Gasteiger partial charge is 0.373 e.